The van der Waals surface area contributed by atoms with Crippen molar-refractivity contribution in [1.82, 2.24) is 5.32 Å². The van der Waals surface area contributed by atoms with E-state index in [4.69, 9.17) is 9.84 Å². The van der Waals surface area contributed by atoms with E-state index in [1.54, 1.807) is 0 Å². The zero-order valence-electron chi connectivity index (χ0n) is 21.4. The van der Waals surface area contributed by atoms with Crippen molar-refractivity contribution in [2.75, 3.05) is 6.54 Å². The van der Waals surface area contributed by atoms with Crippen LogP contribution in [0.25, 0.3) is 0 Å². The molecule has 0 spiro atoms. The predicted molar refractivity (Wildman–Crippen MR) is 139 cm³/mol. The number of nitrogens with one attached hydrogen (secondary N) is 1. The molecule has 0 aliphatic rings. The highest BCUT2D eigenvalue weighted by atomic mass is 16.5. The zero-order valence-corrected chi connectivity index (χ0v) is 21.4. The Balaban J connectivity index is 3.81. The van der Waals surface area contributed by atoms with Gasteiger partial charge in [-0.05, 0) is 64.2 Å². The maximum atomic E-state index is 12.2. The van der Waals surface area contributed by atoms with Crippen LogP contribution in [0.5, 0.6) is 0 Å². The first-order valence-electron chi connectivity index (χ1n) is 13.1. The summed E-state index contributed by atoms with van der Waals surface area (Å²) in [6.07, 6.45) is 26.1. The van der Waals surface area contributed by atoms with E-state index >= 15 is 0 Å². The third-order valence-corrected chi connectivity index (χ3v) is 5.31. The van der Waals surface area contributed by atoms with Crippen molar-refractivity contribution in [2.24, 2.45) is 0 Å². The molecule has 0 saturated heterocycles. The molecule has 2 N–H and O–H groups in total. The fourth-order valence-electron chi connectivity index (χ4n) is 3.46. The Bertz CT molecular complexity index is 624. The second-order valence-corrected chi connectivity index (χ2v) is 8.56. The van der Waals surface area contributed by atoms with Gasteiger partial charge in [0, 0.05) is 12.8 Å². The van der Waals surface area contributed by atoms with Gasteiger partial charge in [-0.25, -0.2) is 0 Å². The standard InChI is InChI=1S/C28H47NO5/c1-3-5-6-7-8-9-10-11-12-13-14-15-19-23-28(33)34-25(20-4-2)21-17-16-18-22-26(30)29-24-27(31)32/h5-6,8-9,11-12,25H,3-4,7,10,13-24H2,1-2H3,(H,29,30)(H,31,32)/b6-5-,9-8-,12-11-. The number of ether oxygens (including phenoxy) is 1. The third-order valence-electron chi connectivity index (χ3n) is 5.31. The molecule has 6 nitrogen and oxygen atoms in total. The maximum absolute atomic E-state index is 12.2. The third kappa shape index (κ3) is 22.8. The van der Waals surface area contributed by atoms with Gasteiger partial charge in [0.2, 0.25) is 5.91 Å². The van der Waals surface area contributed by atoms with Gasteiger partial charge in [0.25, 0.3) is 0 Å². The summed E-state index contributed by atoms with van der Waals surface area (Å²) in [5.74, 6) is -1.38. The summed E-state index contributed by atoms with van der Waals surface area (Å²) in [6, 6.07) is 0. The summed E-state index contributed by atoms with van der Waals surface area (Å²) in [6.45, 7) is 3.89. The molecule has 0 aliphatic heterocycles. The highest BCUT2D eigenvalue weighted by molar-refractivity contribution is 5.80. The van der Waals surface area contributed by atoms with E-state index in [0.29, 0.717) is 19.3 Å². The Kier molecular flexibility index (Phi) is 22.1. The van der Waals surface area contributed by atoms with Crippen LogP contribution in [-0.4, -0.2) is 35.6 Å². The second-order valence-electron chi connectivity index (χ2n) is 8.56. The van der Waals surface area contributed by atoms with Gasteiger partial charge in [0.1, 0.15) is 12.6 Å². The summed E-state index contributed by atoms with van der Waals surface area (Å²) >= 11 is 0. The molecule has 34 heavy (non-hydrogen) atoms. The lowest BCUT2D eigenvalue weighted by Crippen LogP contribution is -2.28. The molecule has 1 unspecified atom stereocenters. The summed E-state index contributed by atoms with van der Waals surface area (Å²) < 4.78 is 5.68. The molecule has 1 atom stereocenters. The Morgan fingerprint density at radius 1 is 0.794 bits per heavy atom. The molecular formula is C28H47NO5. The molecule has 0 saturated carbocycles. The predicted octanol–water partition coefficient (Wildman–Crippen LogP) is 6.66. The van der Waals surface area contributed by atoms with Crippen LogP contribution in [0.2, 0.25) is 0 Å². The van der Waals surface area contributed by atoms with E-state index in [1.807, 2.05) is 0 Å². The van der Waals surface area contributed by atoms with E-state index in [2.05, 4.69) is 55.6 Å². The highest BCUT2D eigenvalue weighted by Crippen LogP contribution is 2.15. The van der Waals surface area contributed by atoms with Crippen molar-refractivity contribution >= 4 is 17.8 Å². The molecular weight excluding hydrogens is 430 g/mol. The largest absolute Gasteiger partial charge is 0.480 e. The van der Waals surface area contributed by atoms with Crippen molar-refractivity contribution in [1.29, 1.82) is 0 Å². The van der Waals surface area contributed by atoms with Gasteiger partial charge in [-0.1, -0.05) is 69.6 Å². The Labute approximate surface area is 206 Å². The van der Waals surface area contributed by atoms with Crippen LogP contribution in [0.15, 0.2) is 36.5 Å². The molecule has 0 aliphatic carbocycles. The van der Waals surface area contributed by atoms with Gasteiger partial charge in [0.05, 0.1) is 0 Å². The number of rotatable bonds is 22. The molecule has 194 valence electrons. The first kappa shape index (κ1) is 31.6. The van der Waals surface area contributed by atoms with Crippen LogP contribution in [0.4, 0.5) is 0 Å². The Hall–Kier alpha value is -2.37. The number of aliphatic carboxylic acids is 1. The number of amides is 1. The van der Waals surface area contributed by atoms with Gasteiger partial charge in [0.15, 0.2) is 0 Å². The van der Waals surface area contributed by atoms with Gasteiger partial charge < -0.3 is 15.2 Å². The van der Waals surface area contributed by atoms with Gasteiger partial charge >= 0.3 is 11.9 Å². The minimum Gasteiger partial charge on any atom is -0.480 e. The molecule has 0 rings (SSSR count). The van der Waals surface area contributed by atoms with Gasteiger partial charge in [-0.3, -0.25) is 14.4 Å². The first-order valence-corrected chi connectivity index (χ1v) is 13.1. The average Bonchev–Trinajstić information content (AvgIpc) is 2.80. The van der Waals surface area contributed by atoms with Crippen LogP contribution in [0.1, 0.15) is 110 Å². The van der Waals surface area contributed by atoms with Crippen LogP contribution in [0, 0.1) is 0 Å². The lowest BCUT2D eigenvalue weighted by molar-refractivity contribution is -0.150. The highest BCUT2D eigenvalue weighted by Gasteiger charge is 2.13. The van der Waals surface area contributed by atoms with Crippen LogP contribution in [-0.2, 0) is 19.1 Å². The number of carboxylic acids is 1. The van der Waals surface area contributed by atoms with E-state index in [1.165, 1.54) is 0 Å². The van der Waals surface area contributed by atoms with Crippen molar-refractivity contribution in [3.8, 4) is 0 Å². The lowest BCUT2D eigenvalue weighted by Gasteiger charge is -2.17. The maximum Gasteiger partial charge on any atom is 0.322 e. The quantitative estimate of drug-likeness (QED) is 0.103. The fourth-order valence-corrected chi connectivity index (χ4v) is 3.46. The second kappa shape index (κ2) is 23.8. The van der Waals surface area contributed by atoms with E-state index in [-0.39, 0.29) is 24.5 Å². The smallest absolute Gasteiger partial charge is 0.322 e. The number of carbonyl (C=O) groups excluding carboxylic acids is 2. The molecule has 6 heteroatoms. The van der Waals surface area contributed by atoms with Gasteiger partial charge in [-0.2, -0.15) is 0 Å². The van der Waals surface area contributed by atoms with Crippen LogP contribution < -0.4 is 5.32 Å². The number of hydrogen-bond donors (Lipinski definition) is 2. The summed E-state index contributed by atoms with van der Waals surface area (Å²) in [4.78, 5) is 34.1. The van der Waals surface area contributed by atoms with Crippen molar-refractivity contribution in [2.45, 2.75) is 116 Å². The average molecular weight is 478 g/mol. The minimum atomic E-state index is -1.04. The molecule has 0 aromatic rings. The SMILES string of the molecule is CC/C=C\C/C=C\C/C=C\CCCCCC(=O)OC(CCC)CCCCCC(=O)NCC(=O)O. The Morgan fingerprint density at radius 2 is 1.44 bits per heavy atom. The number of allylic oxidation sites excluding steroid dienone is 6. The number of carboxylic acid groups (broad SMARTS) is 1. The van der Waals surface area contributed by atoms with Crippen LogP contribution in [0.3, 0.4) is 0 Å². The summed E-state index contributed by atoms with van der Waals surface area (Å²) in [5, 5.41) is 10.9. The topological polar surface area (TPSA) is 92.7 Å². The number of unbranched alkanes of at least 4 members (excludes halogenated alkanes) is 5. The summed E-state index contributed by atoms with van der Waals surface area (Å²) in [5.41, 5.74) is 0. The molecule has 1 amide bonds. The van der Waals surface area contributed by atoms with E-state index in [0.717, 1.165) is 77.0 Å². The molecule has 0 aromatic carbocycles. The zero-order chi connectivity index (χ0) is 25.3. The lowest BCUT2D eigenvalue weighted by atomic mass is 10.1. The number of hydrogen-bond acceptors (Lipinski definition) is 4. The molecule has 0 radical (unpaired) electrons. The molecule has 0 aromatic heterocycles. The van der Waals surface area contributed by atoms with Crippen molar-refractivity contribution < 1.29 is 24.2 Å². The van der Waals surface area contributed by atoms with E-state index in [9.17, 15) is 14.4 Å². The van der Waals surface area contributed by atoms with Crippen molar-refractivity contribution in [3.05, 3.63) is 36.5 Å². The monoisotopic (exact) mass is 477 g/mol. The van der Waals surface area contributed by atoms with Crippen LogP contribution >= 0.6 is 0 Å². The normalized spacial score (nSPS) is 12.5. The number of esters is 1. The Morgan fingerprint density at radius 3 is 2.12 bits per heavy atom. The molecule has 0 heterocycles. The number of carbonyl (C=O) groups is 3. The van der Waals surface area contributed by atoms with E-state index < -0.39 is 5.97 Å². The minimum absolute atomic E-state index is 0.0493. The van der Waals surface area contributed by atoms with Gasteiger partial charge in [-0.15, -0.1) is 0 Å². The van der Waals surface area contributed by atoms with Crippen molar-refractivity contribution in [3.63, 3.8) is 0 Å². The first-order chi connectivity index (χ1) is 16.5. The molecule has 0 fully saturated rings. The fraction of sp³-hybridized carbons (Fsp3) is 0.679. The summed E-state index contributed by atoms with van der Waals surface area (Å²) in [7, 11) is 0. The molecule has 0 bridgehead atoms.